The van der Waals surface area contributed by atoms with Crippen molar-refractivity contribution >= 4 is 50.4 Å². The van der Waals surface area contributed by atoms with Crippen molar-refractivity contribution in [2.75, 3.05) is 18.4 Å². The third-order valence-corrected chi connectivity index (χ3v) is 4.38. The molecule has 1 aromatic carbocycles. The minimum atomic E-state index is -4.71. The molecule has 1 aliphatic heterocycles. The summed E-state index contributed by atoms with van der Waals surface area (Å²) >= 11 is 0. The zero-order valence-electron chi connectivity index (χ0n) is 16.0. The number of carbonyl (C=O) groups is 3. The summed E-state index contributed by atoms with van der Waals surface area (Å²) < 4.78 is 76.1. The molecule has 0 aromatic heterocycles. The molecule has 3 amide bonds. The van der Waals surface area contributed by atoms with Crippen LogP contribution in [0, 0.1) is 11.7 Å². The topological polar surface area (TPSA) is 78.5 Å². The SMILES string of the molecule is C[C@H](NC(=O)C(=O)N1CC[C@H](C(=O)Nc2ccc(F)c(C(F)F)c2)C1)C(F)(F)F.S.S. The molecule has 0 spiro atoms. The van der Waals surface area contributed by atoms with Gasteiger partial charge < -0.3 is 15.5 Å². The van der Waals surface area contributed by atoms with Crippen molar-refractivity contribution in [1.29, 1.82) is 0 Å². The number of nitrogens with zero attached hydrogens (tertiary/aromatic N) is 1. The summed E-state index contributed by atoms with van der Waals surface area (Å²) in [5.41, 5.74) is -0.963. The van der Waals surface area contributed by atoms with Crippen LogP contribution in [0.1, 0.15) is 25.3 Å². The van der Waals surface area contributed by atoms with Crippen LogP contribution < -0.4 is 10.6 Å². The quantitative estimate of drug-likeness (QED) is 0.500. The van der Waals surface area contributed by atoms with Crippen LogP contribution in [0.4, 0.5) is 32.0 Å². The van der Waals surface area contributed by atoms with E-state index in [2.05, 4.69) is 5.32 Å². The first-order valence-electron chi connectivity index (χ1n) is 8.45. The molecule has 6 nitrogen and oxygen atoms in total. The molecule has 0 saturated carbocycles. The lowest BCUT2D eigenvalue weighted by molar-refractivity contribution is -0.162. The maximum absolute atomic E-state index is 13.3. The summed E-state index contributed by atoms with van der Waals surface area (Å²) in [6, 6.07) is 0.418. The van der Waals surface area contributed by atoms with Gasteiger partial charge in [0, 0.05) is 18.8 Å². The predicted molar refractivity (Wildman–Crippen MR) is 109 cm³/mol. The Morgan fingerprint density at radius 3 is 2.32 bits per heavy atom. The predicted octanol–water partition coefficient (Wildman–Crippen LogP) is 2.84. The van der Waals surface area contributed by atoms with Gasteiger partial charge in [-0.05, 0) is 31.5 Å². The second-order valence-electron chi connectivity index (χ2n) is 6.50. The van der Waals surface area contributed by atoms with Gasteiger partial charge in [-0.1, -0.05) is 0 Å². The lowest BCUT2D eigenvalue weighted by atomic mass is 10.1. The first-order chi connectivity index (χ1) is 13.4. The Morgan fingerprint density at radius 2 is 1.77 bits per heavy atom. The number of alkyl halides is 5. The van der Waals surface area contributed by atoms with Gasteiger partial charge in [0.05, 0.1) is 11.5 Å². The number of amides is 3. The van der Waals surface area contributed by atoms with E-state index in [4.69, 9.17) is 0 Å². The van der Waals surface area contributed by atoms with Gasteiger partial charge in [0.1, 0.15) is 11.9 Å². The van der Waals surface area contributed by atoms with Crippen LogP contribution >= 0.6 is 27.0 Å². The van der Waals surface area contributed by atoms with E-state index in [1.807, 2.05) is 0 Å². The van der Waals surface area contributed by atoms with Gasteiger partial charge in [0.2, 0.25) is 5.91 Å². The number of carbonyl (C=O) groups excluding carboxylic acids is 3. The number of benzene rings is 1. The first-order valence-corrected chi connectivity index (χ1v) is 8.45. The van der Waals surface area contributed by atoms with Crippen LogP contribution in [0.25, 0.3) is 0 Å². The van der Waals surface area contributed by atoms with Crippen molar-refractivity contribution in [3.63, 3.8) is 0 Å². The highest BCUT2D eigenvalue weighted by molar-refractivity contribution is 7.59. The van der Waals surface area contributed by atoms with Crippen molar-refractivity contribution in [2.24, 2.45) is 5.92 Å². The van der Waals surface area contributed by atoms with Crippen molar-refractivity contribution in [1.82, 2.24) is 10.2 Å². The fourth-order valence-corrected chi connectivity index (χ4v) is 2.68. The molecule has 31 heavy (non-hydrogen) atoms. The maximum Gasteiger partial charge on any atom is 0.408 e. The van der Waals surface area contributed by atoms with E-state index >= 15 is 0 Å². The summed E-state index contributed by atoms with van der Waals surface area (Å²) in [6.45, 7) is 0.402. The molecule has 1 fully saturated rings. The van der Waals surface area contributed by atoms with Crippen LogP contribution in [0.5, 0.6) is 0 Å². The highest BCUT2D eigenvalue weighted by atomic mass is 32.1. The largest absolute Gasteiger partial charge is 0.408 e. The molecule has 2 atom stereocenters. The number of rotatable bonds is 4. The smallest absolute Gasteiger partial charge is 0.336 e. The zero-order valence-corrected chi connectivity index (χ0v) is 18.0. The Kier molecular flexibility index (Phi) is 10.7. The molecular formula is C17H21F6N3O3S2. The van der Waals surface area contributed by atoms with Gasteiger partial charge in [0.25, 0.3) is 6.43 Å². The third-order valence-electron chi connectivity index (χ3n) is 4.38. The third kappa shape index (κ3) is 7.52. The number of halogens is 6. The summed E-state index contributed by atoms with van der Waals surface area (Å²) in [4.78, 5) is 36.8. The van der Waals surface area contributed by atoms with Gasteiger partial charge in [-0.25, -0.2) is 13.2 Å². The fraction of sp³-hybridized carbons (Fsp3) is 0.471. The number of nitrogens with one attached hydrogen (secondary N) is 2. The van der Waals surface area contributed by atoms with E-state index in [1.54, 1.807) is 5.32 Å². The number of likely N-dealkylation sites (tertiary alicyclic amines) is 1. The average molecular weight is 493 g/mol. The Labute approximate surface area is 187 Å². The molecule has 0 unspecified atom stereocenters. The molecular weight excluding hydrogens is 472 g/mol. The lowest BCUT2D eigenvalue weighted by Gasteiger charge is -2.20. The monoisotopic (exact) mass is 493 g/mol. The van der Waals surface area contributed by atoms with E-state index < -0.39 is 53.7 Å². The summed E-state index contributed by atoms with van der Waals surface area (Å²) in [5, 5.41) is 3.86. The van der Waals surface area contributed by atoms with E-state index in [0.717, 1.165) is 23.1 Å². The molecule has 1 aliphatic rings. The van der Waals surface area contributed by atoms with Crippen LogP contribution in [0.3, 0.4) is 0 Å². The summed E-state index contributed by atoms with van der Waals surface area (Å²) in [5.74, 6) is -5.26. The van der Waals surface area contributed by atoms with Crippen molar-refractivity contribution in [3.8, 4) is 0 Å². The van der Waals surface area contributed by atoms with Crippen molar-refractivity contribution in [3.05, 3.63) is 29.6 Å². The van der Waals surface area contributed by atoms with Gasteiger partial charge in [-0.15, -0.1) is 0 Å². The highest BCUT2D eigenvalue weighted by Crippen LogP contribution is 2.26. The molecule has 2 N–H and O–H groups in total. The van der Waals surface area contributed by atoms with Gasteiger partial charge in [-0.3, -0.25) is 14.4 Å². The van der Waals surface area contributed by atoms with Gasteiger partial charge in [-0.2, -0.15) is 40.2 Å². The highest BCUT2D eigenvalue weighted by Gasteiger charge is 2.40. The van der Waals surface area contributed by atoms with Crippen LogP contribution in [0.15, 0.2) is 18.2 Å². The van der Waals surface area contributed by atoms with Gasteiger partial charge in [0.15, 0.2) is 0 Å². The normalized spacial score (nSPS) is 16.8. The van der Waals surface area contributed by atoms with E-state index in [-0.39, 0.29) is 52.2 Å². The fourth-order valence-electron chi connectivity index (χ4n) is 2.68. The molecule has 1 heterocycles. The summed E-state index contributed by atoms with van der Waals surface area (Å²) in [6.07, 6.45) is -7.68. The van der Waals surface area contributed by atoms with Crippen molar-refractivity contribution < 1.29 is 40.7 Å². The molecule has 0 aliphatic carbocycles. The average Bonchev–Trinajstić information content (AvgIpc) is 3.11. The molecule has 176 valence electrons. The molecule has 1 saturated heterocycles. The Hall–Kier alpha value is -2.09. The molecule has 14 heteroatoms. The Morgan fingerprint density at radius 1 is 1.16 bits per heavy atom. The van der Waals surface area contributed by atoms with E-state index in [1.165, 1.54) is 0 Å². The standard InChI is InChI=1S/C17H17F6N3O3.2H2S/c1-8(17(21,22)23)24-15(28)16(29)26-5-4-9(7-26)14(27)25-10-2-3-12(18)11(6-10)13(19)20;;/h2-3,6,8-9,13H,4-5,7H2,1H3,(H,24,28)(H,25,27);2*1H2/t8-,9-;;/m0../s1. The van der Waals surface area contributed by atoms with E-state index in [0.29, 0.717) is 6.92 Å². The number of hydrogen-bond acceptors (Lipinski definition) is 3. The first kappa shape index (κ1) is 28.9. The Bertz CT molecular complexity index is 810. The number of hydrogen-bond donors (Lipinski definition) is 2. The van der Waals surface area contributed by atoms with Crippen LogP contribution in [-0.4, -0.2) is 47.9 Å². The zero-order chi connectivity index (χ0) is 21.9. The lowest BCUT2D eigenvalue weighted by Crippen LogP contribution is -2.49. The minimum Gasteiger partial charge on any atom is -0.336 e. The maximum atomic E-state index is 13.3. The second-order valence-corrected chi connectivity index (χ2v) is 6.50. The van der Waals surface area contributed by atoms with Crippen LogP contribution in [-0.2, 0) is 14.4 Å². The van der Waals surface area contributed by atoms with E-state index in [9.17, 15) is 40.7 Å². The Balaban J connectivity index is 0.00000450. The molecule has 0 radical (unpaired) electrons. The molecule has 1 aromatic rings. The van der Waals surface area contributed by atoms with Crippen molar-refractivity contribution in [2.45, 2.75) is 32.0 Å². The van der Waals surface area contributed by atoms with Gasteiger partial charge >= 0.3 is 18.0 Å². The van der Waals surface area contributed by atoms with Crippen LogP contribution in [0.2, 0.25) is 0 Å². The number of anilines is 1. The molecule has 0 bridgehead atoms. The summed E-state index contributed by atoms with van der Waals surface area (Å²) in [7, 11) is 0. The molecule has 2 rings (SSSR count). The minimum absolute atomic E-state index is 0. The second kappa shape index (κ2) is 11.5.